The number of furan rings is 1. The van der Waals surface area contributed by atoms with Gasteiger partial charge in [-0.3, -0.25) is 0 Å². The van der Waals surface area contributed by atoms with E-state index in [9.17, 15) is 0 Å². The number of allylic oxidation sites excluding steroid dienone is 2. The van der Waals surface area contributed by atoms with Crippen molar-refractivity contribution in [2.45, 2.75) is 130 Å². The molecule has 2 aliphatic heterocycles. The molecule has 1 aliphatic carbocycles. The van der Waals surface area contributed by atoms with Gasteiger partial charge in [0.1, 0.15) is 0 Å². The third-order valence-electron chi connectivity index (χ3n) is 13.2. The number of rotatable bonds is 6. The lowest BCUT2D eigenvalue weighted by Crippen LogP contribution is -2.54. The summed E-state index contributed by atoms with van der Waals surface area (Å²) >= 11 is 0. The monoisotopic (exact) mass is 749 g/mol. The smallest absolute Gasteiger partial charge is 0.227 e. The van der Waals surface area contributed by atoms with Gasteiger partial charge in [-0.25, -0.2) is 4.98 Å². The van der Waals surface area contributed by atoms with Crippen molar-refractivity contribution in [2.24, 2.45) is 17.3 Å². The number of hydrogen-bond acceptors (Lipinski definition) is 2. The van der Waals surface area contributed by atoms with Crippen LogP contribution < -0.4 is 9.75 Å². The highest BCUT2D eigenvalue weighted by Crippen LogP contribution is 2.45. The summed E-state index contributed by atoms with van der Waals surface area (Å²) in [6, 6.07) is 21.2. The first-order valence-electron chi connectivity index (χ1n) is 21.2. The zero-order valence-electron chi connectivity index (χ0n) is 34.8. The Labute approximate surface area is 331 Å². The number of aryl methyl sites for hydroxylation is 1. The number of fused-ring (bicyclic) bond motifs is 11. The minimum atomic E-state index is -1.70. The summed E-state index contributed by atoms with van der Waals surface area (Å²) in [6.07, 6.45) is 16.9. The summed E-state index contributed by atoms with van der Waals surface area (Å²) in [5.74, 6) is 1.88. The third-order valence-corrected chi connectivity index (χ3v) is 15.2. The molecule has 0 radical (unpaired) electrons. The van der Waals surface area contributed by atoms with Crippen LogP contribution in [-0.4, -0.2) is 29.4 Å². The fraction of sp³-hybridized carbons (Fsp3) is 0.460. The SMILES string of the molecule is C=C/C1=[N+](\C(C)CC2CCC(C)CC2)C(=C)CC2C(CCc3ccc4c(oc5ncccc54)c31)c1ccccc1-c1cc(CC(C)(C)C)c([Si](C)(C)C)c[n+]12. The second kappa shape index (κ2) is 14.4. The molecule has 0 bridgehead atoms. The Hall–Kier alpha value is -4.09. The molecule has 3 unspecified atom stereocenters. The van der Waals surface area contributed by atoms with Gasteiger partial charge in [0, 0.05) is 52.2 Å². The first-order valence-corrected chi connectivity index (χ1v) is 24.7. The maximum atomic E-state index is 6.74. The zero-order chi connectivity index (χ0) is 38.8. The predicted molar refractivity (Wildman–Crippen MR) is 233 cm³/mol. The van der Waals surface area contributed by atoms with Gasteiger partial charge in [0.25, 0.3) is 0 Å². The maximum Gasteiger partial charge on any atom is 0.227 e. The van der Waals surface area contributed by atoms with Crippen molar-refractivity contribution in [3.05, 3.63) is 114 Å². The van der Waals surface area contributed by atoms with Crippen molar-refractivity contribution in [1.29, 1.82) is 0 Å². The molecule has 0 saturated heterocycles. The number of benzene rings is 2. The van der Waals surface area contributed by atoms with Gasteiger partial charge in [0.05, 0.1) is 20.1 Å². The fourth-order valence-corrected chi connectivity index (χ4v) is 12.2. The van der Waals surface area contributed by atoms with E-state index in [2.05, 4.69) is 136 Å². The summed E-state index contributed by atoms with van der Waals surface area (Å²) in [6.45, 7) is 29.2. The van der Waals surface area contributed by atoms with Gasteiger partial charge in [0.15, 0.2) is 29.6 Å². The van der Waals surface area contributed by atoms with Crippen LogP contribution in [0.1, 0.15) is 114 Å². The van der Waals surface area contributed by atoms with E-state index in [0.29, 0.717) is 11.6 Å². The molecule has 1 fully saturated rings. The molecule has 4 nitrogen and oxygen atoms in total. The highest BCUT2D eigenvalue weighted by molar-refractivity contribution is 6.89. The molecule has 5 heterocycles. The van der Waals surface area contributed by atoms with Crippen molar-refractivity contribution >= 4 is 41.0 Å². The standard InChI is InChI=1S/C50H63N3OSi/c1-11-43-47-36(23-25-41-42-17-14-26-51-49(42)54-48(41)47)22-24-40-38-15-12-13-16-39(38)45-29-37(30-50(5,6)7)46(55(8,9)10)31-52(45)44(40)28-34(4)53(43)33(3)27-35-20-18-32(2)19-21-35/h11-17,23,25-26,29,31-33,35,40,44H,1,4,18-22,24,27-28,30H2,2-3,5-10H3/q+2/b53-43-. The van der Waals surface area contributed by atoms with E-state index in [1.54, 1.807) is 5.19 Å². The second-order valence-corrected chi connectivity index (χ2v) is 24.7. The van der Waals surface area contributed by atoms with Crippen LogP contribution in [0.15, 0.2) is 96.3 Å². The highest BCUT2D eigenvalue weighted by Gasteiger charge is 2.45. The fourth-order valence-electron chi connectivity index (χ4n) is 10.6. The van der Waals surface area contributed by atoms with Gasteiger partial charge in [-0.2, -0.15) is 9.14 Å². The molecule has 5 aromatic rings. The van der Waals surface area contributed by atoms with Crippen LogP contribution >= 0.6 is 0 Å². The largest absolute Gasteiger partial charge is 0.437 e. The predicted octanol–water partition coefficient (Wildman–Crippen LogP) is 11.9. The first kappa shape index (κ1) is 37.8. The van der Waals surface area contributed by atoms with Gasteiger partial charge in [-0.15, -0.1) is 0 Å². The molecular formula is C50H63N3OSi+2. The van der Waals surface area contributed by atoms with Gasteiger partial charge < -0.3 is 4.42 Å². The summed E-state index contributed by atoms with van der Waals surface area (Å²) in [7, 11) is -1.70. The number of aromatic nitrogens is 2. The van der Waals surface area contributed by atoms with Crippen LogP contribution in [-0.2, 0) is 12.8 Å². The highest BCUT2D eigenvalue weighted by atomic mass is 28.3. The van der Waals surface area contributed by atoms with Crippen LogP contribution in [0.5, 0.6) is 0 Å². The molecule has 0 amide bonds. The molecule has 2 aromatic carbocycles. The number of nitrogens with zero attached hydrogens (tertiary/aromatic N) is 3. The van der Waals surface area contributed by atoms with Crippen LogP contribution in [0, 0.1) is 17.3 Å². The molecular weight excluding hydrogens is 687 g/mol. The Morgan fingerprint density at radius 3 is 2.47 bits per heavy atom. The van der Waals surface area contributed by atoms with Crippen LogP contribution in [0.25, 0.3) is 33.3 Å². The Balaban J connectivity index is 1.35. The molecule has 286 valence electrons. The van der Waals surface area contributed by atoms with Gasteiger partial charge >= 0.3 is 0 Å². The van der Waals surface area contributed by atoms with E-state index in [1.807, 2.05) is 12.3 Å². The minimum absolute atomic E-state index is 0.202. The van der Waals surface area contributed by atoms with Gasteiger partial charge in [-0.1, -0.05) is 97.1 Å². The molecule has 0 spiro atoms. The van der Waals surface area contributed by atoms with E-state index in [0.717, 1.165) is 66.0 Å². The minimum Gasteiger partial charge on any atom is -0.437 e. The van der Waals surface area contributed by atoms with Crippen molar-refractivity contribution in [1.82, 2.24) is 4.98 Å². The van der Waals surface area contributed by atoms with Crippen molar-refractivity contribution in [3.8, 4) is 11.3 Å². The number of pyridine rings is 2. The maximum absolute atomic E-state index is 6.74. The Kier molecular flexibility index (Phi) is 9.93. The van der Waals surface area contributed by atoms with Crippen molar-refractivity contribution in [2.75, 3.05) is 0 Å². The van der Waals surface area contributed by atoms with E-state index >= 15 is 0 Å². The van der Waals surface area contributed by atoms with Crippen molar-refractivity contribution < 1.29 is 13.6 Å². The summed E-state index contributed by atoms with van der Waals surface area (Å²) in [5.41, 5.74) is 12.4. The summed E-state index contributed by atoms with van der Waals surface area (Å²) < 4.78 is 12.1. The molecule has 1 saturated carbocycles. The lowest BCUT2D eigenvalue weighted by atomic mass is 9.76. The molecule has 8 rings (SSSR count). The second-order valence-electron chi connectivity index (χ2n) is 19.7. The lowest BCUT2D eigenvalue weighted by Gasteiger charge is -2.34. The van der Waals surface area contributed by atoms with E-state index in [1.165, 1.54) is 64.9 Å². The van der Waals surface area contributed by atoms with Crippen LogP contribution in [0.2, 0.25) is 19.6 Å². The topological polar surface area (TPSA) is 32.9 Å². The normalized spacial score (nSPS) is 23.8. The quantitative estimate of drug-likeness (QED) is 0.128. The van der Waals surface area contributed by atoms with Crippen molar-refractivity contribution in [3.63, 3.8) is 0 Å². The average molecular weight is 750 g/mol. The van der Waals surface area contributed by atoms with Gasteiger partial charge in [-0.05, 0) is 97.7 Å². The van der Waals surface area contributed by atoms with E-state index in [4.69, 9.17) is 11.0 Å². The summed E-state index contributed by atoms with van der Waals surface area (Å²) in [4.78, 5) is 4.66. The zero-order valence-corrected chi connectivity index (χ0v) is 35.8. The van der Waals surface area contributed by atoms with E-state index in [-0.39, 0.29) is 17.5 Å². The van der Waals surface area contributed by atoms with Gasteiger partial charge in [0.2, 0.25) is 17.1 Å². The average Bonchev–Trinajstić information content (AvgIpc) is 3.52. The Morgan fingerprint density at radius 1 is 0.982 bits per heavy atom. The third kappa shape index (κ3) is 7.11. The molecule has 0 N–H and O–H groups in total. The molecule has 55 heavy (non-hydrogen) atoms. The Bertz CT molecular complexity index is 2320. The number of hydrogen-bond donors (Lipinski definition) is 0. The molecule has 5 heteroatoms. The molecule has 3 atom stereocenters. The lowest BCUT2D eigenvalue weighted by molar-refractivity contribution is -0.720. The first-order chi connectivity index (χ1) is 26.2. The Morgan fingerprint density at radius 2 is 1.75 bits per heavy atom. The van der Waals surface area contributed by atoms with E-state index < -0.39 is 8.07 Å². The molecule has 3 aliphatic rings. The molecule has 3 aromatic heterocycles. The van der Waals surface area contributed by atoms with Crippen LogP contribution in [0.4, 0.5) is 0 Å². The summed E-state index contributed by atoms with van der Waals surface area (Å²) in [5, 5.41) is 3.77. The van der Waals surface area contributed by atoms with Crippen LogP contribution in [0.3, 0.4) is 0 Å².